The first kappa shape index (κ1) is 35.9. The molecule has 0 radical (unpaired) electrons. The first-order valence-corrected chi connectivity index (χ1v) is 14.0. The van der Waals surface area contributed by atoms with Crippen molar-refractivity contribution in [3.8, 4) is 0 Å². The van der Waals surface area contributed by atoms with Gasteiger partial charge >= 0.3 is 5.97 Å². The molecule has 0 saturated carbocycles. The number of amides is 6. The van der Waals surface area contributed by atoms with Crippen LogP contribution in [0.4, 0.5) is 5.82 Å². The van der Waals surface area contributed by atoms with Gasteiger partial charge in [-0.1, -0.05) is 5.21 Å². The molecule has 6 amide bonds. The molecule has 1 aliphatic heterocycles. The lowest BCUT2D eigenvalue weighted by atomic mass is 10.1. The second-order valence-corrected chi connectivity index (χ2v) is 9.92. The first-order chi connectivity index (χ1) is 21.4. The summed E-state index contributed by atoms with van der Waals surface area (Å²) in [6.07, 6.45) is 1.81. The minimum absolute atomic E-state index is 0.0275. The molecule has 248 valence electrons. The Morgan fingerprint density at radius 3 is 2.18 bits per heavy atom. The summed E-state index contributed by atoms with van der Waals surface area (Å²) in [7, 11) is 0. The molecular weight excluding hydrogens is 598 g/mol. The number of nitrogens with two attached hydrogens (primary N) is 3. The van der Waals surface area contributed by atoms with Gasteiger partial charge in [0.1, 0.15) is 24.7 Å². The minimum atomic E-state index is -1.57. The predicted molar refractivity (Wildman–Crippen MR) is 156 cm³/mol. The van der Waals surface area contributed by atoms with Crippen molar-refractivity contribution in [1.82, 2.24) is 41.6 Å². The zero-order valence-corrected chi connectivity index (χ0v) is 24.4. The maximum Gasteiger partial charge on any atom is 0.305 e. The second-order valence-electron chi connectivity index (χ2n) is 9.92. The lowest BCUT2D eigenvalue weighted by Crippen LogP contribution is -2.56. The van der Waals surface area contributed by atoms with Crippen molar-refractivity contribution in [3.63, 3.8) is 0 Å². The van der Waals surface area contributed by atoms with Crippen LogP contribution >= 0.6 is 0 Å². The van der Waals surface area contributed by atoms with E-state index in [0.29, 0.717) is 19.4 Å². The molecule has 0 aromatic carbocycles. The molecule has 0 aliphatic carbocycles. The molecule has 2 heterocycles. The molecule has 45 heavy (non-hydrogen) atoms. The van der Waals surface area contributed by atoms with E-state index in [4.69, 9.17) is 17.2 Å². The maximum absolute atomic E-state index is 13.3. The monoisotopic (exact) mass is 637 g/mol. The number of hydrogen-bond acceptors (Lipinski definition) is 11. The fraction of sp³-hybridized carbons (Fsp3) is 0.583. The van der Waals surface area contributed by atoms with Gasteiger partial charge in [-0.15, -0.1) is 5.10 Å². The Morgan fingerprint density at radius 1 is 0.867 bits per heavy atom. The Balaban J connectivity index is 2.32. The van der Waals surface area contributed by atoms with Gasteiger partial charge in [0.2, 0.25) is 35.4 Å². The number of hydrogen-bond donors (Lipinski definition) is 10. The number of nitrogens with one attached hydrogen (secondary N) is 6. The van der Waals surface area contributed by atoms with Crippen molar-refractivity contribution in [1.29, 1.82) is 0 Å². The van der Waals surface area contributed by atoms with Gasteiger partial charge in [-0.3, -0.25) is 38.6 Å². The van der Waals surface area contributed by atoms with Crippen LogP contribution in [-0.2, 0) is 40.1 Å². The largest absolute Gasteiger partial charge is 0.481 e. The van der Waals surface area contributed by atoms with Gasteiger partial charge in [0.05, 0.1) is 25.7 Å². The van der Waals surface area contributed by atoms with Crippen LogP contribution in [0.1, 0.15) is 38.5 Å². The summed E-state index contributed by atoms with van der Waals surface area (Å²) >= 11 is 0. The van der Waals surface area contributed by atoms with Gasteiger partial charge in [0.15, 0.2) is 11.8 Å². The number of carbonyl (C=O) groups is 7. The van der Waals surface area contributed by atoms with E-state index in [9.17, 15) is 38.7 Å². The normalized spacial score (nSPS) is 20.7. The number of carboxylic acids is 1. The lowest BCUT2D eigenvalue weighted by Gasteiger charge is -2.23. The number of aliphatic imine (C=N–C) groups is 1. The van der Waals surface area contributed by atoms with Gasteiger partial charge < -0.3 is 54.2 Å². The Morgan fingerprint density at radius 2 is 1.51 bits per heavy atom. The molecule has 3 atom stereocenters. The van der Waals surface area contributed by atoms with Crippen molar-refractivity contribution in [2.24, 2.45) is 22.2 Å². The van der Waals surface area contributed by atoms with Gasteiger partial charge in [0.25, 0.3) is 0 Å². The quantitative estimate of drug-likeness (QED) is 0.0651. The number of fused-ring (bicyclic) bond motifs is 2. The maximum atomic E-state index is 13.3. The SMILES string of the molecule is NCCCC[C@@H]1NC(=O)CNC(=O)Cn2cc(nn2)NC(=O)[C@H](CC(=O)O)NC(=O)CNC(=O)[C@H](CCCN=C(N)N)NC1=O. The topological polar surface area (TPSA) is 333 Å². The summed E-state index contributed by atoms with van der Waals surface area (Å²) < 4.78 is 1.04. The fourth-order valence-corrected chi connectivity index (χ4v) is 4.00. The second kappa shape index (κ2) is 18.4. The highest BCUT2D eigenvalue weighted by Crippen LogP contribution is 2.06. The van der Waals surface area contributed by atoms with Crippen LogP contribution in [0.2, 0.25) is 0 Å². The van der Waals surface area contributed by atoms with Crippen LogP contribution in [0.3, 0.4) is 0 Å². The minimum Gasteiger partial charge on any atom is -0.481 e. The van der Waals surface area contributed by atoms with Crippen molar-refractivity contribution < 1.29 is 38.7 Å². The number of rotatable bonds is 10. The first-order valence-electron chi connectivity index (χ1n) is 14.0. The van der Waals surface area contributed by atoms with E-state index < -0.39 is 85.6 Å². The Kier molecular flexibility index (Phi) is 14.6. The van der Waals surface area contributed by atoms with E-state index in [2.05, 4.69) is 47.2 Å². The van der Waals surface area contributed by atoms with E-state index in [-0.39, 0.29) is 37.6 Å². The molecule has 1 aromatic heterocycles. The molecule has 0 saturated heterocycles. The Bertz CT molecular complexity index is 1260. The third-order valence-corrected chi connectivity index (χ3v) is 6.17. The van der Waals surface area contributed by atoms with Crippen LogP contribution < -0.4 is 49.1 Å². The van der Waals surface area contributed by atoms with Gasteiger partial charge in [-0.25, -0.2) is 4.68 Å². The van der Waals surface area contributed by atoms with Gasteiger partial charge in [-0.05, 0) is 38.6 Å². The van der Waals surface area contributed by atoms with E-state index in [1.165, 1.54) is 6.20 Å². The van der Waals surface area contributed by atoms with Crippen molar-refractivity contribution in [2.75, 3.05) is 31.5 Å². The molecule has 2 rings (SSSR count). The van der Waals surface area contributed by atoms with Crippen LogP contribution in [0.5, 0.6) is 0 Å². The molecule has 1 aliphatic rings. The summed E-state index contributed by atoms with van der Waals surface area (Å²) in [5.41, 5.74) is 16.2. The van der Waals surface area contributed by atoms with Crippen LogP contribution in [0.15, 0.2) is 11.2 Å². The summed E-state index contributed by atoms with van der Waals surface area (Å²) in [5.74, 6) is -6.44. The van der Waals surface area contributed by atoms with E-state index in [1.807, 2.05) is 0 Å². The smallest absolute Gasteiger partial charge is 0.305 e. The van der Waals surface area contributed by atoms with E-state index in [0.717, 1.165) is 4.68 Å². The zero-order chi connectivity index (χ0) is 33.4. The van der Waals surface area contributed by atoms with E-state index in [1.54, 1.807) is 0 Å². The highest BCUT2D eigenvalue weighted by molar-refractivity contribution is 5.99. The third-order valence-electron chi connectivity index (χ3n) is 6.17. The number of aromatic nitrogens is 3. The molecule has 0 unspecified atom stereocenters. The highest BCUT2D eigenvalue weighted by atomic mass is 16.4. The number of unbranched alkanes of at least 4 members (excludes halogenated alkanes) is 1. The van der Waals surface area contributed by atoms with Gasteiger partial charge in [-0.2, -0.15) is 0 Å². The Hall–Kier alpha value is -5.34. The molecular formula is C24H39N13O8. The number of nitrogens with zero attached hydrogens (tertiary/aromatic N) is 4. The molecule has 21 nitrogen and oxygen atoms in total. The molecule has 2 bridgehead atoms. The van der Waals surface area contributed by atoms with Crippen LogP contribution in [0, 0.1) is 0 Å². The number of guanidine groups is 1. The number of aliphatic carboxylic acids is 1. The van der Waals surface area contributed by atoms with Crippen molar-refractivity contribution in [3.05, 3.63) is 6.20 Å². The summed E-state index contributed by atoms with van der Waals surface area (Å²) in [6, 6.07) is -3.88. The van der Waals surface area contributed by atoms with Crippen molar-refractivity contribution >= 4 is 53.2 Å². The summed E-state index contributed by atoms with van der Waals surface area (Å²) in [6.45, 7) is -1.11. The van der Waals surface area contributed by atoms with Crippen LogP contribution in [0.25, 0.3) is 0 Å². The number of carbonyl (C=O) groups excluding carboxylic acids is 6. The van der Waals surface area contributed by atoms with Crippen molar-refractivity contribution in [2.45, 2.75) is 63.2 Å². The zero-order valence-electron chi connectivity index (χ0n) is 24.4. The van der Waals surface area contributed by atoms with E-state index >= 15 is 0 Å². The predicted octanol–water partition coefficient (Wildman–Crippen LogP) is -5.43. The third kappa shape index (κ3) is 13.7. The highest BCUT2D eigenvalue weighted by Gasteiger charge is 2.28. The standard InChI is InChI=1S/C24H39N13O8/c25-6-2-1-4-14-22(44)33-13(5-3-7-28-24(26)27)21(43)30-10-18(39)32-15(8-20(41)42)23(45)34-16-11-37(36-35-16)12-19(40)29-9-17(38)31-14/h11,13-15H,1-10,12,25H2,(H,29,40)(H,30,43)(H,31,38)(H,32,39)(H,33,44)(H,34,45)(H,41,42)(H4,26,27,28)/t13-,14-,15-/m0/s1. The molecule has 13 N–H and O–H groups in total. The molecule has 0 spiro atoms. The number of carboxylic acid groups (broad SMARTS) is 1. The summed E-state index contributed by atoms with van der Waals surface area (Å²) in [5, 5.41) is 31.0. The lowest BCUT2D eigenvalue weighted by molar-refractivity contribution is -0.140. The number of anilines is 1. The summed E-state index contributed by atoms with van der Waals surface area (Å²) in [4.78, 5) is 91.9. The average molecular weight is 638 g/mol. The Labute approximate surface area is 256 Å². The molecule has 21 heteroatoms. The average Bonchev–Trinajstić information content (AvgIpc) is 3.40. The fourth-order valence-electron chi connectivity index (χ4n) is 4.00. The molecule has 0 fully saturated rings. The van der Waals surface area contributed by atoms with Gasteiger partial charge in [0, 0.05) is 6.54 Å². The molecule has 1 aromatic rings. The van der Waals surface area contributed by atoms with Crippen LogP contribution in [-0.4, -0.2) is 112 Å².